The Morgan fingerprint density at radius 2 is 1.89 bits per heavy atom. The summed E-state index contributed by atoms with van der Waals surface area (Å²) in [6.07, 6.45) is 3.43. The molecule has 0 aliphatic carbocycles. The normalized spacial score (nSPS) is 18.9. The molecule has 0 saturated carbocycles. The third-order valence-corrected chi connectivity index (χ3v) is 6.15. The number of fused-ring (bicyclic) bond motifs is 1. The maximum atomic E-state index is 11.5. The first-order valence-corrected chi connectivity index (χ1v) is 10.1. The molecule has 0 N–H and O–H groups in total. The molecule has 8 heteroatoms. The third kappa shape index (κ3) is 4.37. The second-order valence-electron chi connectivity index (χ2n) is 7.53. The van der Waals surface area contributed by atoms with Crippen molar-refractivity contribution in [1.82, 2.24) is 9.97 Å². The first-order chi connectivity index (χ1) is 12.6. The van der Waals surface area contributed by atoms with Gasteiger partial charge in [0.1, 0.15) is 11.5 Å². The van der Waals surface area contributed by atoms with E-state index in [0.29, 0.717) is 10.9 Å². The lowest BCUT2D eigenvalue weighted by Crippen LogP contribution is -2.41. The average molecular weight is 405 g/mol. The number of carbonyl (C=O) groups is 1. The fourth-order valence-electron chi connectivity index (χ4n) is 2.70. The van der Waals surface area contributed by atoms with E-state index in [4.69, 9.17) is 20.9 Å². The summed E-state index contributed by atoms with van der Waals surface area (Å²) in [5.41, 5.74) is 1.70. The van der Waals surface area contributed by atoms with E-state index in [1.54, 1.807) is 6.92 Å². The van der Waals surface area contributed by atoms with E-state index >= 15 is 0 Å². The van der Waals surface area contributed by atoms with Gasteiger partial charge in [-0.1, -0.05) is 35.5 Å². The van der Waals surface area contributed by atoms with E-state index in [-0.39, 0.29) is 5.12 Å². The van der Waals surface area contributed by atoms with Crippen molar-refractivity contribution in [3.8, 4) is 0 Å². The summed E-state index contributed by atoms with van der Waals surface area (Å²) in [5.74, 6) is 0.489. The number of hydrogen-bond acceptors (Lipinski definition) is 6. The molecule has 2 aromatic rings. The minimum atomic E-state index is -0.514. The van der Waals surface area contributed by atoms with Gasteiger partial charge >= 0.3 is 7.12 Å². The van der Waals surface area contributed by atoms with Crippen molar-refractivity contribution >= 4 is 52.6 Å². The first-order valence-electron chi connectivity index (χ1n) is 8.69. The van der Waals surface area contributed by atoms with Crippen LogP contribution in [0.2, 0.25) is 5.15 Å². The van der Waals surface area contributed by atoms with Crippen molar-refractivity contribution in [2.24, 2.45) is 0 Å². The van der Waals surface area contributed by atoms with Crippen LogP contribution in [0.5, 0.6) is 0 Å². The van der Waals surface area contributed by atoms with Gasteiger partial charge in [0.2, 0.25) is 0 Å². The highest BCUT2D eigenvalue weighted by molar-refractivity contribution is 8.13. The SMILES string of the molecule is CC(=O)SCC(=Cc1ccc2ncnc(Cl)c2c1)B1OC(C)(C)C(C)(C)O1. The summed E-state index contributed by atoms with van der Waals surface area (Å²) in [6.45, 7) is 9.59. The van der Waals surface area contributed by atoms with Crippen molar-refractivity contribution in [2.75, 3.05) is 5.75 Å². The van der Waals surface area contributed by atoms with Crippen molar-refractivity contribution < 1.29 is 14.1 Å². The molecule has 0 bridgehead atoms. The number of thioether (sulfide) groups is 1. The smallest absolute Gasteiger partial charge is 0.400 e. The van der Waals surface area contributed by atoms with Crippen LogP contribution >= 0.6 is 23.4 Å². The van der Waals surface area contributed by atoms with E-state index in [1.807, 2.05) is 52.0 Å². The highest BCUT2D eigenvalue weighted by atomic mass is 35.5. The zero-order chi connectivity index (χ0) is 19.8. The zero-order valence-corrected chi connectivity index (χ0v) is 17.6. The van der Waals surface area contributed by atoms with Crippen LogP contribution in [0, 0.1) is 0 Å². The standard InChI is InChI=1S/C19H22BClN2O3S/c1-12(24)27-10-14(20-25-18(2,3)19(4,5)26-20)8-13-6-7-16-15(9-13)17(21)23-11-22-16/h6-9,11H,10H2,1-5H3. The Hall–Kier alpha value is -1.41. The molecule has 5 nitrogen and oxygen atoms in total. The Labute approximate surface area is 169 Å². The largest absolute Gasteiger partial charge is 0.491 e. The van der Waals surface area contributed by atoms with Crippen LogP contribution in [0.4, 0.5) is 0 Å². The second kappa shape index (κ2) is 7.55. The molecule has 0 unspecified atom stereocenters. The Kier molecular flexibility index (Phi) is 5.68. The molecule has 27 heavy (non-hydrogen) atoms. The van der Waals surface area contributed by atoms with Gasteiger partial charge < -0.3 is 9.31 Å². The number of aromatic nitrogens is 2. The van der Waals surface area contributed by atoms with Crippen molar-refractivity contribution in [3.63, 3.8) is 0 Å². The van der Waals surface area contributed by atoms with E-state index in [9.17, 15) is 4.79 Å². The maximum absolute atomic E-state index is 11.5. The molecule has 1 fully saturated rings. The van der Waals surface area contributed by atoms with Crippen LogP contribution in [0.1, 0.15) is 40.2 Å². The summed E-state index contributed by atoms with van der Waals surface area (Å²) in [4.78, 5) is 19.8. The average Bonchev–Trinajstić information content (AvgIpc) is 2.79. The molecule has 1 aliphatic heterocycles. The number of nitrogens with zero attached hydrogens (tertiary/aromatic N) is 2. The molecule has 2 heterocycles. The van der Waals surface area contributed by atoms with Gasteiger partial charge in [0.05, 0.1) is 16.7 Å². The lowest BCUT2D eigenvalue weighted by molar-refractivity contribution is -0.109. The van der Waals surface area contributed by atoms with Gasteiger partial charge in [-0.3, -0.25) is 4.79 Å². The predicted molar refractivity (Wildman–Crippen MR) is 112 cm³/mol. The quantitative estimate of drug-likeness (QED) is 0.549. The van der Waals surface area contributed by atoms with E-state index in [0.717, 1.165) is 21.9 Å². The highest BCUT2D eigenvalue weighted by Gasteiger charge is 2.52. The monoisotopic (exact) mass is 404 g/mol. The minimum absolute atomic E-state index is 0.0485. The van der Waals surface area contributed by atoms with E-state index in [1.165, 1.54) is 18.1 Å². The lowest BCUT2D eigenvalue weighted by Gasteiger charge is -2.32. The molecule has 0 spiro atoms. The fourth-order valence-corrected chi connectivity index (χ4v) is 3.49. The molecule has 142 valence electrons. The van der Waals surface area contributed by atoms with Gasteiger partial charge in [-0.15, -0.1) is 0 Å². The van der Waals surface area contributed by atoms with Crippen LogP contribution in [0.15, 0.2) is 30.0 Å². The topological polar surface area (TPSA) is 61.3 Å². The predicted octanol–water partition coefficient (Wildman–Crippen LogP) is 4.58. The Balaban J connectivity index is 1.98. The molecule has 1 aromatic carbocycles. The Morgan fingerprint density at radius 1 is 1.22 bits per heavy atom. The Morgan fingerprint density at radius 3 is 2.52 bits per heavy atom. The molecular formula is C19H22BClN2O3S. The number of carbonyl (C=O) groups excluding carboxylic acids is 1. The molecular weight excluding hydrogens is 383 g/mol. The van der Waals surface area contributed by atoms with Gasteiger partial charge in [0.15, 0.2) is 5.12 Å². The van der Waals surface area contributed by atoms with Gasteiger partial charge in [-0.2, -0.15) is 0 Å². The number of halogens is 1. The van der Waals surface area contributed by atoms with Crippen molar-refractivity contribution in [1.29, 1.82) is 0 Å². The van der Waals surface area contributed by atoms with Crippen molar-refractivity contribution in [3.05, 3.63) is 40.7 Å². The van der Waals surface area contributed by atoms with E-state index in [2.05, 4.69) is 9.97 Å². The van der Waals surface area contributed by atoms with Crippen LogP contribution in [0.3, 0.4) is 0 Å². The van der Waals surface area contributed by atoms with Gasteiger partial charge in [0.25, 0.3) is 0 Å². The third-order valence-electron chi connectivity index (χ3n) is 4.96. The highest BCUT2D eigenvalue weighted by Crippen LogP contribution is 2.39. The second-order valence-corrected chi connectivity index (χ2v) is 9.04. The summed E-state index contributed by atoms with van der Waals surface area (Å²) in [7, 11) is -0.514. The molecule has 3 rings (SSSR count). The van der Waals surface area contributed by atoms with Crippen molar-refractivity contribution in [2.45, 2.75) is 45.8 Å². The number of hydrogen-bond donors (Lipinski definition) is 0. The molecule has 1 aromatic heterocycles. The summed E-state index contributed by atoms with van der Waals surface area (Å²) in [5, 5.41) is 1.23. The van der Waals surface area contributed by atoms with E-state index < -0.39 is 18.3 Å². The fraction of sp³-hybridized carbons (Fsp3) is 0.421. The minimum Gasteiger partial charge on any atom is -0.400 e. The summed E-state index contributed by atoms with van der Waals surface area (Å²) in [6, 6.07) is 5.78. The molecule has 0 radical (unpaired) electrons. The van der Waals surface area contributed by atoms with Crippen LogP contribution in [-0.4, -0.2) is 39.2 Å². The van der Waals surface area contributed by atoms with Gasteiger partial charge in [-0.05, 0) is 50.9 Å². The number of rotatable bonds is 4. The summed E-state index contributed by atoms with van der Waals surface area (Å²) < 4.78 is 12.4. The summed E-state index contributed by atoms with van der Waals surface area (Å²) >= 11 is 7.43. The van der Waals surface area contributed by atoms with Crippen LogP contribution < -0.4 is 0 Å². The first kappa shape index (κ1) is 20.3. The lowest BCUT2D eigenvalue weighted by atomic mass is 9.78. The van der Waals surface area contributed by atoms with Gasteiger partial charge in [0, 0.05) is 18.1 Å². The molecule has 1 saturated heterocycles. The van der Waals surface area contributed by atoms with Crippen LogP contribution in [0.25, 0.3) is 17.0 Å². The van der Waals surface area contributed by atoms with Gasteiger partial charge in [-0.25, -0.2) is 9.97 Å². The molecule has 1 aliphatic rings. The van der Waals surface area contributed by atoms with Crippen LogP contribution in [-0.2, 0) is 14.1 Å². The number of benzene rings is 1. The Bertz CT molecular complexity index is 901. The molecule has 0 atom stereocenters. The maximum Gasteiger partial charge on any atom is 0.491 e. The molecule has 0 amide bonds. The zero-order valence-electron chi connectivity index (χ0n) is 16.1.